The Morgan fingerprint density at radius 2 is 2.28 bits per heavy atom. The highest BCUT2D eigenvalue weighted by Gasteiger charge is 2.18. The summed E-state index contributed by atoms with van der Waals surface area (Å²) in [6.45, 7) is 2.90. The van der Waals surface area contributed by atoms with E-state index in [1.54, 1.807) is 12.4 Å². The predicted octanol–water partition coefficient (Wildman–Crippen LogP) is 1.40. The summed E-state index contributed by atoms with van der Waals surface area (Å²) in [7, 11) is 0. The molecule has 0 saturated carbocycles. The molecule has 0 aliphatic rings. The number of rotatable bonds is 5. The van der Waals surface area contributed by atoms with Crippen LogP contribution in [0, 0.1) is 0 Å². The molecule has 0 spiro atoms. The van der Waals surface area contributed by atoms with E-state index < -0.39 is 0 Å². The van der Waals surface area contributed by atoms with Crippen LogP contribution in [-0.4, -0.2) is 20.0 Å². The van der Waals surface area contributed by atoms with Gasteiger partial charge in [0.15, 0.2) is 0 Å². The summed E-state index contributed by atoms with van der Waals surface area (Å²) < 4.78 is 2.77. The number of nitrogens with zero attached hydrogens (tertiary/aromatic N) is 4. The highest BCUT2D eigenvalue weighted by atomic mass is 79.9. The first-order chi connectivity index (χ1) is 8.76. The molecule has 2 heterocycles. The van der Waals surface area contributed by atoms with Gasteiger partial charge in [-0.2, -0.15) is 0 Å². The van der Waals surface area contributed by atoms with Crippen LogP contribution < -0.4 is 11.3 Å². The molecule has 0 fully saturated rings. The second-order valence-electron chi connectivity index (χ2n) is 3.88. The van der Waals surface area contributed by atoms with E-state index >= 15 is 0 Å². The first-order valence-electron chi connectivity index (χ1n) is 5.72. The van der Waals surface area contributed by atoms with Gasteiger partial charge in [-0.15, -0.1) is 5.10 Å². The monoisotopic (exact) mass is 310 g/mol. The third-order valence-corrected chi connectivity index (χ3v) is 3.06. The van der Waals surface area contributed by atoms with E-state index in [-0.39, 0.29) is 6.04 Å². The summed E-state index contributed by atoms with van der Waals surface area (Å²) in [6, 6.07) is 3.64. The first kappa shape index (κ1) is 13.1. The number of hydrogen-bond acceptors (Lipinski definition) is 5. The Hall–Kier alpha value is -1.31. The second kappa shape index (κ2) is 6.03. The van der Waals surface area contributed by atoms with Crippen LogP contribution in [0.4, 0.5) is 0 Å². The molecular weight excluding hydrogens is 296 g/mol. The van der Waals surface area contributed by atoms with Gasteiger partial charge in [-0.1, -0.05) is 12.1 Å². The molecule has 3 N–H and O–H groups in total. The lowest BCUT2D eigenvalue weighted by Gasteiger charge is -2.16. The summed E-state index contributed by atoms with van der Waals surface area (Å²) >= 11 is 3.36. The molecular formula is C11H15BrN6. The maximum Gasteiger partial charge on any atom is 0.106 e. The van der Waals surface area contributed by atoms with Crippen LogP contribution in [0.25, 0.3) is 0 Å². The van der Waals surface area contributed by atoms with Crippen molar-refractivity contribution in [3.8, 4) is 0 Å². The number of hydrazine groups is 1. The van der Waals surface area contributed by atoms with Crippen LogP contribution in [0.2, 0.25) is 0 Å². The smallest absolute Gasteiger partial charge is 0.106 e. The van der Waals surface area contributed by atoms with Gasteiger partial charge in [-0.3, -0.25) is 10.8 Å². The van der Waals surface area contributed by atoms with Crippen molar-refractivity contribution in [2.75, 3.05) is 0 Å². The zero-order valence-corrected chi connectivity index (χ0v) is 11.6. The van der Waals surface area contributed by atoms with Crippen molar-refractivity contribution in [1.29, 1.82) is 0 Å². The van der Waals surface area contributed by atoms with Crippen molar-refractivity contribution >= 4 is 15.9 Å². The molecule has 18 heavy (non-hydrogen) atoms. The van der Waals surface area contributed by atoms with E-state index in [0.717, 1.165) is 28.8 Å². The Bertz CT molecular complexity index is 494. The highest BCUT2D eigenvalue weighted by molar-refractivity contribution is 9.10. The molecule has 2 aromatic rings. The maximum absolute atomic E-state index is 5.63. The summed E-state index contributed by atoms with van der Waals surface area (Å²) in [5, 5.41) is 7.98. The van der Waals surface area contributed by atoms with Crippen LogP contribution in [0.1, 0.15) is 30.8 Å². The van der Waals surface area contributed by atoms with Gasteiger partial charge in [-0.25, -0.2) is 10.1 Å². The van der Waals surface area contributed by atoms with Gasteiger partial charge in [-0.05, 0) is 34.5 Å². The lowest BCUT2D eigenvalue weighted by molar-refractivity contribution is 0.507. The average Bonchev–Trinajstić information content (AvgIpc) is 2.82. The summed E-state index contributed by atoms with van der Waals surface area (Å²) in [6.07, 6.45) is 4.44. The maximum atomic E-state index is 5.63. The molecule has 0 radical (unpaired) electrons. The Labute approximate surface area is 114 Å². The summed E-state index contributed by atoms with van der Waals surface area (Å²) in [4.78, 5) is 4.35. The number of aromatic nitrogens is 4. The van der Waals surface area contributed by atoms with Gasteiger partial charge in [0.1, 0.15) is 6.04 Å². The highest BCUT2D eigenvalue weighted by Crippen LogP contribution is 2.20. The standard InChI is InChI=1S/C11H15BrN6/c1-2-5-18-10(7-15-17-18)11(16-13)9-4-3-8(12)6-14-9/h3-4,6-7,11,16H,2,5,13H2,1H3. The number of nitrogens with one attached hydrogen (secondary N) is 1. The molecule has 0 amide bonds. The van der Waals surface area contributed by atoms with Gasteiger partial charge >= 0.3 is 0 Å². The molecule has 1 unspecified atom stereocenters. The zero-order valence-electron chi connectivity index (χ0n) is 10.0. The van der Waals surface area contributed by atoms with Crippen LogP contribution in [-0.2, 0) is 6.54 Å². The van der Waals surface area contributed by atoms with Gasteiger partial charge in [0.05, 0.1) is 17.6 Å². The van der Waals surface area contributed by atoms with Crippen LogP contribution in [0.3, 0.4) is 0 Å². The van der Waals surface area contributed by atoms with Crippen molar-refractivity contribution < 1.29 is 0 Å². The zero-order chi connectivity index (χ0) is 13.0. The molecule has 0 saturated heterocycles. The minimum atomic E-state index is -0.209. The molecule has 96 valence electrons. The number of hydrogen-bond donors (Lipinski definition) is 2. The van der Waals surface area contributed by atoms with E-state index in [1.807, 2.05) is 16.8 Å². The van der Waals surface area contributed by atoms with Crippen molar-refractivity contribution in [3.05, 3.63) is 40.4 Å². The van der Waals surface area contributed by atoms with E-state index in [0.29, 0.717) is 0 Å². The van der Waals surface area contributed by atoms with Crippen molar-refractivity contribution in [1.82, 2.24) is 25.4 Å². The quantitative estimate of drug-likeness (QED) is 0.644. The van der Waals surface area contributed by atoms with Crippen LogP contribution in [0.15, 0.2) is 29.0 Å². The van der Waals surface area contributed by atoms with Gasteiger partial charge in [0, 0.05) is 17.2 Å². The van der Waals surface area contributed by atoms with Crippen LogP contribution >= 0.6 is 15.9 Å². The van der Waals surface area contributed by atoms with E-state index in [9.17, 15) is 0 Å². The van der Waals surface area contributed by atoms with Gasteiger partial charge in [0.2, 0.25) is 0 Å². The minimum absolute atomic E-state index is 0.209. The third kappa shape index (κ3) is 2.74. The number of halogens is 1. The summed E-state index contributed by atoms with van der Waals surface area (Å²) in [5.74, 6) is 5.63. The number of pyridine rings is 1. The van der Waals surface area contributed by atoms with Crippen LogP contribution in [0.5, 0.6) is 0 Å². The fraction of sp³-hybridized carbons (Fsp3) is 0.364. The average molecular weight is 311 g/mol. The van der Waals surface area contributed by atoms with E-state index in [2.05, 4.69) is 43.6 Å². The van der Waals surface area contributed by atoms with Crippen molar-refractivity contribution in [2.45, 2.75) is 25.9 Å². The molecule has 6 nitrogen and oxygen atoms in total. The number of nitrogens with two attached hydrogens (primary N) is 1. The topological polar surface area (TPSA) is 81.7 Å². The number of aryl methyl sites for hydroxylation is 1. The fourth-order valence-corrected chi connectivity index (χ4v) is 1.99. The molecule has 0 aliphatic heterocycles. The minimum Gasteiger partial charge on any atom is -0.270 e. The third-order valence-electron chi connectivity index (χ3n) is 2.59. The molecule has 0 bridgehead atoms. The normalized spacial score (nSPS) is 12.6. The van der Waals surface area contributed by atoms with Gasteiger partial charge in [0.25, 0.3) is 0 Å². The molecule has 7 heteroatoms. The Morgan fingerprint density at radius 1 is 1.44 bits per heavy atom. The molecule has 0 aliphatic carbocycles. The fourth-order valence-electron chi connectivity index (χ4n) is 1.76. The van der Waals surface area contributed by atoms with Crippen molar-refractivity contribution in [2.24, 2.45) is 5.84 Å². The SMILES string of the molecule is CCCn1nncc1C(NN)c1ccc(Br)cn1. The van der Waals surface area contributed by atoms with E-state index in [4.69, 9.17) is 5.84 Å². The predicted molar refractivity (Wildman–Crippen MR) is 71.4 cm³/mol. The molecule has 2 aromatic heterocycles. The molecule has 0 aromatic carbocycles. The lowest BCUT2D eigenvalue weighted by Crippen LogP contribution is -2.31. The Balaban J connectivity index is 2.32. The second-order valence-corrected chi connectivity index (χ2v) is 4.80. The largest absolute Gasteiger partial charge is 0.270 e. The first-order valence-corrected chi connectivity index (χ1v) is 6.51. The molecule has 1 atom stereocenters. The van der Waals surface area contributed by atoms with Gasteiger partial charge < -0.3 is 0 Å². The Kier molecular flexibility index (Phi) is 4.40. The Morgan fingerprint density at radius 3 is 2.89 bits per heavy atom. The lowest BCUT2D eigenvalue weighted by atomic mass is 10.1. The van der Waals surface area contributed by atoms with Crippen molar-refractivity contribution in [3.63, 3.8) is 0 Å². The molecule has 2 rings (SSSR count). The van der Waals surface area contributed by atoms with E-state index in [1.165, 1.54) is 0 Å². The summed E-state index contributed by atoms with van der Waals surface area (Å²) in [5.41, 5.74) is 4.51.